The van der Waals surface area contributed by atoms with Crippen LogP contribution in [0, 0.1) is 11.8 Å². The molecule has 0 unspecified atom stereocenters. The lowest BCUT2D eigenvalue weighted by Crippen LogP contribution is -2.40. The quantitative estimate of drug-likeness (QED) is 0.0403. The predicted octanol–water partition coefficient (Wildman–Crippen LogP) is 5.63. The van der Waals surface area contributed by atoms with Gasteiger partial charge in [-0.05, 0) is 98.9 Å². The van der Waals surface area contributed by atoms with E-state index in [9.17, 15) is 27.6 Å². The highest BCUT2D eigenvalue weighted by atomic mass is 35.5. The van der Waals surface area contributed by atoms with Crippen LogP contribution >= 0.6 is 11.6 Å². The summed E-state index contributed by atoms with van der Waals surface area (Å²) < 4.78 is 65.9. The van der Waals surface area contributed by atoms with Gasteiger partial charge in [0.25, 0.3) is 11.5 Å². The number of carbonyl (C=O) groups is 2. The number of aromatic nitrogens is 3. The highest BCUT2D eigenvalue weighted by Crippen LogP contribution is 2.33. The Balaban J connectivity index is 0.741. The lowest BCUT2D eigenvalue weighted by atomic mass is 9.97. The van der Waals surface area contributed by atoms with E-state index in [0.29, 0.717) is 86.3 Å². The van der Waals surface area contributed by atoms with E-state index in [2.05, 4.69) is 60.4 Å². The fourth-order valence-corrected chi connectivity index (χ4v) is 8.77. The number of amides is 2. The fourth-order valence-electron chi connectivity index (χ4n) is 8.55. The van der Waals surface area contributed by atoms with Crippen LogP contribution in [0.1, 0.15) is 40.0 Å². The third-order valence-electron chi connectivity index (χ3n) is 12.3. The number of piperidine rings is 1. The second-order valence-electron chi connectivity index (χ2n) is 17.5. The van der Waals surface area contributed by atoms with Crippen molar-refractivity contribution >= 4 is 57.1 Å². The van der Waals surface area contributed by atoms with Crippen LogP contribution < -0.4 is 36.9 Å². The standard InChI is InChI=1S/C51H62ClF3N10O7/c1-62-20-14-37(15-21-62)60-42-10-5-11-45-40(42)30-38(65(45)34-51(53,54)55)8-6-17-56-43-13-12-35(29-46(43)69-3)49(67)58-19-24-71-26-28-72-27-25-70-23-18-57-47(66)33-64-22-16-39-36(32-64)7-4-9-41(39)61-44-31-59-63(2)50(68)48(44)52/h4-5,7,9-13,29-31,37,56,60-61H,14-28,32-34H2,1-3H3,(H,57,66)(H,58,67). The largest absolute Gasteiger partial charge is 0.495 e. The number of anilines is 4. The number of fused-ring (bicyclic) bond motifs is 2. The molecule has 4 heterocycles. The number of halogens is 4. The number of methoxy groups -OCH3 is 1. The lowest BCUT2D eigenvalue weighted by molar-refractivity contribution is -0.140. The summed E-state index contributed by atoms with van der Waals surface area (Å²) in [5, 5.41) is 20.5. The molecular formula is C51H62ClF3N10O7. The highest BCUT2D eigenvalue weighted by Gasteiger charge is 2.30. The van der Waals surface area contributed by atoms with Crippen molar-refractivity contribution in [3.8, 4) is 17.6 Å². The highest BCUT2D eigenvalue weighted by molar-refractivity contribution is 6.33. The second-order valence-corrected chi connectivity index (χ2v) is 17.9. The van der Waals surface area contributed by atoms with Crippen molar-refractivity contribution in [2.45, 2.75) is 44.6 Å². The maximum Gasteiger partial charge on any atom is 0.406 e. The number of aryl methyl sites for hydroxylation is 1. The summed E-state index contributed by atoms with van der Waals surface area (Å²) in [7, 11) is 5.10. The molecule has 3 aromatic carbocycles. The van der Waals surface area contributed by atoms with Gasteiger partial charge in [0.2, 0.25) is 5.91 Å². The fraction of sp³-hybridized carbons (Fsp3) is 0.451. The molecule has 1 fully saturated rings. The average molecular weight is 1020 g/mol. The molecular weight excluding hydrogens is 957 g/mol. The van der Waals surface area contributed by atoms with Crippen LogP contribution in [0.25, 0.3) is 10.9 Å². The van der Waals surface area contributed by atoms with Crippen LogP contribution in [-0.4, -0.2) is 148 Å². The minimum atomic E-state index is -4.44. The van der Waals surface area contributed by atoms with E-state index in [4.69, 9.17) is 30.5 Å². The SMILES string of the molecule is COc1cc(C(=O)NCCOCCOCCOCCNC(=O)CN2CCc3c(cccc3Nc3cnn(C)c(=O)c3Cl)C2)ccc1NCC#Cc1cc2c(NC3CCN(C)CC3)cccc2n1CC(F)(F)F. The number of hydrogen-bond donors (Lipinski definition) is 5. The average Bonchev–Trinajstić information content (AvgIpc) is 3.71. The summed E-state index contributed by atoms with van der Waals surface area (Å²) in [6.07, 6.45) is -0.299. The molecule has 2 aliphatic rings. The first-order chi connectivity index (χ1) is 34.8. The minimum Gasteiger partial charge on any atom is -0.495 e. The van der Waals surface area contributed by atoms with E-state index >= 15 is 0 Å². The van der Waals surface area contributed by atoms with E-state index in [1.165, 1.54) is 22.6 Å². The minimum absolute atomic E-state index is 0.0732. The van der Waals surface area contributed by atoms with Crippen molar-refractivity contribution in [3.63, 3.8) is 0 Å². The molecule has 0 spiro atoms. The Kier molecular flexibility index (Phi) is 19.2. The zero-order valence-electron chi connectivity index (χ0n) is 40.8. The summed E-state index contributed by atoms with van der Waals surface area (Å²) in [6.45, 7) is 5.01. The summed E-state index contributed by atoms with van der Waals surface area (Å²) >= 11 is 6.26. The van der Waals surface area contributed by atoms with Gasteiger partial charge >= 0.3 is 6.18 Å². The van der Waals surface area contributed by atoms with E-state index in [0.717, 1.165) is 54.9 Å². The maximum absolute atomic E-state index is 13.8. The van der Waals surface area contributed by atoms with Gasteiger partial charge in [-0.1, -0.05) is 35.7 Å². The first kappa shape index (κ1) is 53.5. The van der Waals surface area contributed by atoms with Crippen LogP contribution in [0.5, 0.6) is 5.75 Å². The Morgan fingerprint density at radius 1 is 0.861 bits per heavy atom. The molecule has 0 saturated carbocycles. The molecule has 21 heteroatoms. The molecule has 2 aliphatic heterocycles. The monoisotopic (exact) mass is 1020 g/mol. The number of carbonyl (C=O) groups excluding carboxylic acids is 2. The summed E-state index contributed by atoms with van der Waals surface area (Å²) in [4.78, 5) is 42.1. The van der Waals surface area contributed by atoms with Gasteiger partial charge in [-0.15, -0.1) is 0 Å². The van der Waals surface area contributed by atoms with E-state index in [1.807, 2.05) is 24.3 Å². The zero-order valence-corrected chi connectivity index (χ0v) is 41.5. The van der Waals surface area contributed by atoms with Crippen LogP contribution in [-0.2, 0) is 45.6 Å². The number of nitrogens with one attached hydrogen (secondary N) is 5. The van der Waals surface area contributed by atoms with Crippen molar-refractivity contribution in [1.82, 2.24) is 34.8 Å². The predicted molar refractivity (Wildman–Crippen MR) is 271 cm³/mol. The summed E-state index contributed by atoms with van der Waals surface area (Å²) in [5.74, 6) is 5.89. The molecule has 386 valence electrons. The van der Waals surface area contributed by atoms with Crippen LogP contribution in [0.2, 0.25) is 5.02 Å². The maximum atomic E-state index is 13.8. The molecule has 72 heavy (non-hydrogen) atoms. The molecule has 0 bridgehead atoms. The Morgan fingerprint density at radius 2 is 1.57 bits per heavy atom. The van der Waals surface area contributed by atoms with Crippen molar-refractivity contribution in [2.24, 2.45) is 7.05 Å². The van der Waals surface area contributed by atoms with E-state index in [-0.39, 0.29) is 60.4 Å². The Morgan fingerprint density at radius 3 is 2.31 bits per heavy atom. The molecule has 0 aliphatic carbocycles. The number of ether oxygens (including phenoxy) is 4. The Labute approximate surface area is 421 Å². The first-order valence-corrected chi connectivity index (χ1v) is 24.3. The summed E-state index contributed by atoms with van der Waals surface area (Å²) in [5.41, 5.74) is 5.56. The molecule has 7 rings (SSSR count). The van der Waals surface area contributed by atoms with Crippen molar-refractivity contribution in [1.29, 1.82) is 0 Å². The number of likely N-dealkylation sites (tertiary alicyclic amines) is 1. The van der Waals surface area contributed by atoms with Crippen LogP contribution in [0.4, 0.5) is 35.9 Å². The smallest absolute Gasteiger partial charge is 0.406 e. The van der Waals surface area contributed by atoms with Gasteiger partial charge in [0.05, 0.1) is 88.6 Å². The third kappa shape index (κ3) is 15.1. The van der Waals surface area contributed by atoms with Crippen LogP contribution in [0.15, 0.2) is 71.7 Å². The second kappa shape index (κ2) is 25.9. The number of rotatable bonds is 23. The number of alkyl halides is 3. The number of benzene rings is 3. The van der Waals surface area contributed by atoms with Crippen molar-refractivity contribution in [2.75, 3.05) is 116 Å². The summed E-state index contributed by atoms with van der Waals surface area (Å²) in [6, 6.07) is 18.1. The van der Waals surface area contributed by atoms with Gasteiger partial charge in [0.15, 0.2) is 0 Å². The molecule has 2 amide bonds. The van der Waals surface area contributed by atoms with Gasteiger partial charge in [0.1, 0.15) is 17.3 Å². The van der Waals surface area contributed by atoms with Gasteiger partial charge in [0, 0.05) is 61.6 Å². The van der Waals surface area contributed by atoms with Crippen LogP contribution in [0.3, 0.4) is 0 Å². The van der Waals surface area contributed by atoms with Crippen molar-refractivity contribution in [3.05, 3.63) is 105 Å². The molecule has 17 nitrogen and oxygen atoms in total. The molecule has 0 atom stereocenters. The first-order valence-electron chi connectivity index (χ1n) is 23.9. The Bertz CT molecular complexity index is 2770. The molecule has 5 aromatic rings. The van der Waals surface area contributed by atoms with Crippen molar-refractivity contribution < 1.29 is 41.7 Å². The lowest BCUT2D eigenvalue weighted by Gasteiger charge is -2.30. The number of nitrogens with zero attached hydrogens (tertiary/aromatic N) is 5. The molecule has 1 saturated heterocycles. The molecule has 0 radical (unpaired) electrons. The normalized spacial score (nSPS) is 14.3. The molecule has 2 aromatic heterocycles. The molecule has 5 N–H and O–H groups in total. The van der Waals surface area contributed by atoms with Gasteiger partial charge in [-0.3, -0.25) is 19.3 Å². The van der Waals surface area contributed by atoms with E-state index in [1.54, 1.807) is 43.4 Å². The number of hydrogen-bond acceptors (Lipinski definition) is 13. The third-order valence-corrected chi connectivity index (χ3v) is 12.7. The Hall–Kier alpha value is -6.34. The van der Waals surface area contributed by atoms with Gasteiger partial charge in [-0.2, -0.15) is 18.3 Å². The zero-order chi connectivity index (χ0) is 51.0. The van der Waals surface area contributed by atoms with E-state index < -0.39 is 12.7 Å². The topological polar surface area (TPSA) is 178 Å². The van der Waals surface area contributed by atoms with Gasteiger partial charge in [-0.25, -0.2) is 4.68 Å². The van der Waals surface area contributed by atoms with Gasteiger partial charge < -0.3 is 55.0 Å².